The standard InChI is InChI=1S/C14H19NO3/c1-9(2)8-15-12-6-4-3-5-10(12)7-11(13(15)16)14(17)18/h7,9H,3-6,8H2,1-2H3,(H,17,18). The van der Waals surface area contributed by atoms with Crippen molar-refractivity contribution in [2.45, 2.75) is 46.1 Å². The van der Waals surface area contributed by atoms with Crippen LogP contribution in [-0.2, 0) is 19.4 Å². The topological polar surface area (TPSA) is 59.3 Å². The van der Waals surface area contributed by atoms with Crippen LogP contribution in [0.15, 0.2) is 10.9 Å². The Hall–Kier alpha value is -1.58. The summed E-state index contributed by atoms with van der Waals surface area (Å²) in [4.78, 5) is 23.3. The Kier molecular flexibility index (Phi) is 3.55. The predicted octanol–water partition coefficient (Wildman–Crippen LogP) is 2.08. The number of carbonyl (C=O) groups is 1. The summed E-state index contributed by atoms with van der Waals surface area (Å²) in [6, 6.07) is 1.58. The largest absolute Gasteiger partial charge is 0.477 e. The maximum atomic E-state index is 12.2. The molecule has 0 aromatic carbocycles. The molecule has 1 aliphatic carbocycles. The van der Waals surface area contributed by atoms with Crippen molar-refractivity contribution < 1.29 is 9.90 Å². The summed E-state index contributed by atoms with van der Waals surface area (Å²) in [6.45, 7) is 4.67. The highest BCUT2D eigenvalue weighted by atomic mass is 16.4. The van der Waals surface area contributed by atoms with Crippen LogP contribution in [0.3, 0.4) is 0 Å². The maximum absolute atomic E-state index is 12.2. The summed E-state index contributed by atoms with van der Waals surface area (Å²) < 4.78 is 1.68. The van der Waals surface area contributed by atoms with E-state index in [1.165, 1.54) is 0 Å². The number of carboxylic acid groups (broad SMARTS) is 1. The molecule has 0 saturated carbocycles. The Morgan fingerprint density at radius 1 is 1.39 bits per heavy atom. The average molecular weight is 249 g/mol. The molecule has 4 heteroatoms. The van der Waals surface area contributed by atoms with Gasteiger partial charge in [-0.25, -0.2) is 4.79 Å². The van der Waals surface area contributed by atoms with Crippen molar-refractivity contribution >= 4 is 5.97 Å². The van der Waals surface area contributed by atoms with Gasteiger partial charge in [-0.3, -0.25) is 4.79 Å². The molecule has 1 N–H and O–H groups in total. The van der Waals surface area contributed by atoms with Crippen molar-refractivity contribution in [3.8, 4) is 0 Å². The molecule has 0 unspecified atom stereocenters. The molecule has 4 nitrogen and oxygen atoms in total. The van der Waals surface area contributed by atoms with Crippen LogP contribution in [-0.4, -0.2) is 15.6 Å². The van der Waals surface area contributed by atoms with Crippen molar-refractivity contribution in [3.63, 3.8) is 0 Å². The van der Waals surface area contributed by atoms with Crippen LogP contribution in [0.4, 0.5) is 0 Å². The SMILES string of the molecule is CC(C)Cn1c2c(cc(C(=O)O)c1=O)CCCC2. The monoisotopic (exact) mass is 249 g/mol. The zero-order chi connectivity index (χ0) is 13.3. The molecule has 0 bridgehead atoms. The molecule has 1 aliphatic rings. The Labute approximate surface area is 106 Å². The first-order chi connectivity index (χ1) is 8.50. The van der Waals surface area contributed by atoms with Crippen molar-refractivity contribution in [1.29, 1.82) is 0 Å². The summed E-state index contributed by atoms with van der Waals surface area (Å²) in [6.07, 6.45) is 3.92. The number of aryl methyl sites for hydroxylation is 1. The molecule has 0 fully saturated rings. The average Bonchev–Trinajstić information content (AvgIpc) is 2.31. The van der Waals surface area contributed by atoms with Gasteiger partial charge in [-0.15, -0.1) is 0 Å². The molecule has 0 saturated heterocycles. The fourth-order valence-corrected chi connectivity index (χ4v) is 2.59. The van der Waals surface area contributed by atoms with Gasteiger partial charge in [0.2, 0.25) is 0 Å². The second-order valence-corrected chi connectivity index (χ2v) is 5.35. The van der Waals surface area contributed by atoms with Gasteiger partial charge in [-0.1, -0.05) is 13.8 Å². The second-order valence-electron chi connectivity index (χ2n) is 5.35. The summed E-state index contributed by atoms with van der Waals surface area (Å²) >= 11 is 0. The summed E-state index contributed by atoms with van der Waals surface area (Å²) in [7, 11) is 0. The minimum atomic E-state index is -1.12. The normalized spacial score (nSPS) is 14.6. The molecule has 0 radical (unpaired) electrons. The maximum Gasteiger partial charge on any atom is 0.341 e. The van der Waals surface area contributed by atoms with E-state index >= 15 is 0 Å². The Balaban J connectivity index is 2.63. The molecular formula is C14H19NO3. The molecule has 0 aliphatic heterocycles. The number of nitrogens with zero attached hydrogens (tertiary/aromatic N) is 1. The summed E-state index contributed by atoms with van der Waals surface area (Å²) in [5.74, 6) is -0.788. The van der Waals surface area contributed by atoms with Gasteiger partial charge in [0.25, 0.3) is 5.56 Å². The lowest BCUT2D eigenvalue weighted by Crippen LogP contribution is -2.32. The first-order valence-electron chi connectivity index (χ1n) is 6.49. The molecule has 1 heterocycles. The Morgan fingerprint density at radius 2 is 2.06 bits per heavy atom. The lowest BCUT2D eigenvalue weighted by atomic mass is 9.94. The first kappa shape index (κ1) is 12.9. The minimum absolute atomic E-state index is 0.0868. The van der Waals surface area contributed by atoms with E-state index in [2.05, 4.69) is 0 Å². The number of aromatic nitrogens is 1. The molecule has 18 heavy (non-hydrogen) atoms. The highest BCUT2D eigenvalue weighted by Crippen LogP contribution is 2.21. The molecule has 0 spiro atoms. The molecule has 1 aromatic heterocycles. The third kappa shape index (κ3) is 2.33. The fourth-order valence-electron chi connectivity index (χ4n) is 2.59. The van der Waals surface area contributed by atoms with Crippen molar-refractivity contribution in [2.24, 2.45) is 5.92 Å². The number of hydrogen-bond donors (Lipinski definition) is 1. The van der Waals surface area contributed by atoms with Crippen LogP contribution in [0.5, 0.6) is 0 Å². The van der Waals surface area contributed by atoms with Crippen LogP contribution >= 0.6 is 0 Å². The molecular weight excluding hydrogens is 230 g/mol. The quantitative estimate of drug-likeness (QED) is 0.892. The van der Waals surface area contributed by atoms with E-state index in [9.17, 15) is 9.59 Å². The van der Waals surface area contributed by atoms with Gasteiger partial charge >= 0.3 is 5.97 Å². The number of pyridine rings is 1. The zero-order valence-corrected chi connectivity index (χ0v) is 10.9. The van der Waals surface area contributed by atoms with Crippen LogP contribution in [0.1, 0.15) is 48.3 Å². The minimum Gasteiger partial charge on any atom is -0.477 e. The number of fused-ring (bicyclic) bond motifs is 1. The van der Waals surface area contributed by atoms with Gasteiger partial charge in [0.05, 0.1) is 0 Å². The smallest absolute Gasteiger partial charge is 0.341 e. The molecule has 0 atom stereocenters. The van der Waals surface area contributed by atoms with Gasteiger partial charge in [0.15, 0.2) is 0 Å². The first-order valence-corrected chi connectivity index (χ1v) is 6.49. The van der Waals surface area contributed by atoms with Crippen LogP contribution in [0.2, 0.25) is 0 Å². The number of aromatic carboxylic acids is 1. The van der Waals surface area contributed by atoms with E-state index in [1.807, 2.05) is 13.8 Å². The van der Waals surface area contributed by atoms with Gasteiger partial charge < -0.3 is 9.67 Å². The molecule has 0 amide bonds. The molecule has 2 rings (SSSR count). The van der Waals surface area contributed by atoms with E-state index < -0.39 is 5.97 Å². The number of rotatable bonds is 3. The summed E-state index contributed by atoms with van der Waals surface area (Å²) in [5, 5.41) is 9.11. The van der Waals surface area contributed by atoms with Crippen LogP contribution < -0.4 is 5.56 Å². The molecule has 1 aromatic rings. The predicted molar refractivity (Wildman–Crippen MR) is 69.1 cm³/mol. The van der Waals surface area contributed by atoms with Crippen LogP contribution in [0.25, 0.3) is 0 Å². The Bertz CT molecular complexity index is 529. The zero-order valence-electron chi connectivity index (χ0n) is 10.9. The van der Waals surface area contributed by atoms with E-state index in [0.717, 1.165) is 36.9 Å². The van der Waals surface area contributed by atoms with Crippen molar-refractivity contribution in [3.05, 3.63) is 33.2 Å². The second kappa shape index (κ2) is 4.96. The van der Waals surface area contributed by atoms with E-state index in [-0.39, 0.29) is 11.1 Å². The highest BCUT2D eigenvalue weighted by Gasteiger charge is 2.20. The van der Waals surface area contributed by atoms with Crippen molar-refractivity contribution in [1.82, 2.24) is 4.57 Å². The van der Waals surface area contributed by atoms with E-state index in [1.54, 1.807) is 10.6 Å². The van der Waals surface area contributed by atoms with Gasteiger partial charge in [0, 0.05) is 12.2 Å². The van der Waals surface area contributed by atoms with E-state index in [0.29, 0.717) is 12.5 Å². The number of carboxylic acids is 1. The van der Waals surface area contributed by atoms with Crippen LogP contribution in [0, 0.1) is 5.92 Å². The third-order valence-corrected chi connectivity index (χ3v) is 3.38. The fraction of sp³-hybridized carbons (Fsp3) is 0.571. The highest BCUT2D eigenvalue weighted by molar-refractivity contribution is 5.87. The lowest BCUT2D eigenvalue weighted by molar-refractivity contribution is 0.0693. The third-order valence-electron chi connectivity index (χ3n) is 3.38. The number of hydrogen-bond acceptors (Lipinski definition) is 2. The Morgan fingerprint density at radius 3 is 2.67 bits per heavy atom. The van der Waals surface area contributed by atoms with Gasteiger partial charge in [-0.2, -0.15) is 0 Å². The molecule has 98 valence electrons. The van der Waals surface area contributed by atoms with E-state index in [4.69, 9.17) is 5.11 Å². The van der Waals surface area contributed by atoms with Gasteiger partial charge in [0.1, 0.15) is 5.56 Å². The summed E-state index contributed by atoms with van der Waals surface area (Å²) in [5.41, 5.74) is 1.65. The van der Waals surface area contributed by atoms with Gasteiger partial charge in [-0.05, 0) is 43.2 Å². The van der Waals surface area contributed by atoms with Crippen molar-refractivity contribution in [2.75, 3.05) is 0 Å². The lowest BCUT2D eigenvalue weighted by Gasteiger charge is -2.22.